The van der Waals surface area contributed by atoms with E-state index < -0.39 is 0 Å². The van der Waals surface area contributed by atoms with Gasteiger partial charge in [-0.15, -0.1) is 0 Å². The quantitative estimate of drug-likeness (QED) is 0.342. The molecule has 2 N–H and O–H groups in total. The van der Waals surface area contributed by atoms with Gasteiger partial charge >= 0.3 is 0 Å². The van der Waals surface area contributed by atoms with E-state index in [1.165, 1.54) is 11.3 Å². The van der Waals surface area contributed by atoms with E-state index in [2.05, 4.69) is 20.8 Å². The van der Waals surface area contributed by atoms with Crippen molar-refractivity contribution in [1.82, 2.24) is 4.98 Å². The molecule has 2 aromatic carbocycles. The Balaban J connectivity index is 1.91. The highest BCUT2D eigenvalue weighted by molar-refractivity contribution is 7.23. The maximum absolute atomic E-state index is 12.4. The topological polar surface area (TPSA) is 66.4 Å². The minimum atomic E-state index is -0.310. The average molecular weight is 442 g/mol. The Hall–Kier alpha value is -1.86. The number of thiazole rings is 1. The Kier molecular flexibility index (Phi) is 6.22. The van der Waals surface area contributed by atoms with Crippen LogP contribution in [0.2, 0.25) is 15.1 Å². The molecule has 0 unspecified atom stereocenters. The van der Waals surface area contributed by atoms with Gasteiger partial charge in [-0.1, -0.05) is 53.1 Å². The fourth-order valence-corrected chi connectivity index (χ4v) is 3.78. The Morgan fingerprint density at radius 2 is 1.93 bits per heavy atom. The van der Waals surface area contributed by atoms with Crippen LogP contribution < -0.4 is 10.7 Å². The molecule has 9 heteroatoms. The third-order valence-electron chi connectivity index (χ3n) is 3.77. The molecular weight excluding hydrogens is 427 g/mol. The van der Waals surface area contributed by atoms with Crippen molar-refractivity contribution < 1.29 is 4.79 Å². The molecule has 1 aromatic heterocycles. The molecule has 0 saturated heterocycles. The number of benzene rings is 2. The van der Waals surface area contributed by atoms with Gasteiger partial charge in [0.25, 0.3) is 5.91 Å². The number of hydrogen-bond donors (Lipinski definition) is 2. The van der Waals surface area contributed by atoms with Crippen molar-refractivity contribution in [3.63, 3.8) is 0 Å². The minimum Gasteiger partial charge on any atom is -0.321 e. The summed E-state index contributed by atoms with van der Waals surface area (Å²) >= 11 is 20.0. The van der Waals surface area contributed by atoms with Gasteiger partial charge in [0.05, 0.1) is 20.4 Å². The number of nitrogens with zero attached hydrogens (tertiary/aromatic N) is 2. The molecule has 0 aliphatic heterocycles. The lowest BCUT2D eigenvalue weighted by Gasteiger charge is -2.08. The lowest BCUT2D eigenvalue weighted by atomic mass is 10.2. The van der Waals surface area contributed by atoms with E-state index in [9.17, 15) is 4.79 Å². The van der Waals surface area contributed by atoms with Crippen LogP contribution in [0.4, 0.5) is 10.8 Å². The zero-order valence-electron chi connectivity index (χ0n) is 14.4. The van der Waals surface area contributed by atoms with Gasteiger partial charge < -0.3 is 5.32 Å². The van der Waals surface area contributed by atoms with Gasteiger partial charge in [0.1, 0.15) is 5.52 Å². The second kappa shape index (κ2) is 8.44. The Morgan fingerprint density at radius 1 is 1.22 bits per heavy atom. The summed E-state index contributed by atoms with van der Waals surface area (Å²) in [6, 6.07) is 8.15. The molecule has 1 heterocycles. The molecule has 0 saturated carbocycles. The molecule has 0 spiro atoms. The number of carbonyl (C=O) groups excluding carboxylic acids is 1. The van der Waals surface area contributed by atoms with Gasteiger partial charge in [-0.3, -0.25) is 10.2 Å². The van der Waals surface area contributed by atoms with Crippen molar-refractivity contribution in [2.75, 3.05) is 10.7 Å². The number of nitrogens with one attached hydrogen (secondary N) is 2. The van der Waals surface area contributed by atoms with E-state index >= 15 is 0 Å². The molecule has 5 nitrogen and oxygen atoms in total. The van der Waals surface area contributed by atoms with E-state index in [1.807, 2.05) is 13.8 Å². The highest BCUT2D eigenvalue weighted by Gasteiger charge is 2.17. The monoisotopic (exact) mass is 440 g/mol. The molecule has 0 bridgehead atoms. The summed E-state index contributed by atoms with van der Waals surface area (Å²) in [6.45, 7) is 3.94. The number of fused-ring (bicyclic) bond motifs is 1. The van der Waals surface area contributed by atoms with Crippen molar-refractivity contribution in [2.24, 2.45) is 5.10 Å². The largest absolute Gasteiger partial charge is 0.321 e. The predicted octanol–water partition coefficient (Wildman–Crippen LogP) is 6.71. The summed E-state index contributed by atoms with van der Waals surface area (Å²) in [4.78, 5) is 16.9. The van der Waals surface area contributed by atoms with Crippen molar-refractivity contribution in [1.29, 1.82) is 0 Å². The first-order chi connectivity index (χ1) is 12.9. The molecule has 0 radical (unpaired) electrons. The maximum atomic E-state index is 12.4. The third-order valence-corrected chi connectivity index (χ3v) is 5.79. The first-order valence-electron chi connectivity index (χ1n) is 8.03. The van der Waals surface area contributed by atoms with Crippen molar-refractivity contribution in [3.8, 4) is 0 Å². The Labute approximate surface area is 175 Å². The van der Waals surface area contributed by atoms with Gasteiger partial charge in [0, 0.05) is 16.3 Å². The molecule has 0 fully saturated rings. The second-order valence-electron chi connectivity index (χ2n) is 5.69. The molecule has 27 heavy (non-hydrogen) atoms. The summed E-state index contributed by atoms with van der Waals surface area (Å²) in [5, 5.41) is 8.90. The van der Waals surface area contributed by atoms with Gasteiger partial charge in [0.15, 0.2) is 0 Å². The molecule has 0 atom stereocenters. The van der Waals surface area contributed by atoms with E-state index in [1.54, 1.807) is 30.3 Å². The van der Waals surface area contributed by atoms with E-state index in [4.69, 9.17) is 34.8 Å². The molecule has 0 aliphatic carbocycles. The first-order valence-corrected chi connectivity index (χ1v) is 9.98. The van der Waals surface area contributed by atoms with Crippen LogP contribution in [0.1, 0.15) is 30.6 Å². The summed E-state index contributed by atoms with van der Waals surface area (Å²) in [6.07, 6.45) is 0.834. The molecule has 3 aromatic rings. The van der Waals surface area contributed by atoms with Gasteiger partial charge in [-0.05, 0) is 43.7 Å². The standard InChI is InChI=1S/C18H15Cl3N4OS/c1-3-9(2)24-25-18-23-15-12(20)8-13(14(21)16(15)27-18)22-17(26)10-4-6-11(19)7-5-10/h4-8H,3H2,1-2H3,(H,22,26)(H,23,25)/b24-9-. The maximum Gasteiger partial charge on any atom is 0.255 e. The molecular formula is C18H15Cl3N4OS. The van der Waals surface area contributed by atoms with E-state index in [0.717, 1.165) is 12.1 Å². The van der Waals surface area contributed by atoms with Gasteiger partial charge in [-0.2, -0.15) is 5.10 Å². The summed E-state index contributed by atoms with van der Waals surface area (Å²) in [7, 11) is 0. The smallest absolute Gasteiger partial charge is 0.255 e. The number of halogens is 3. The lowest BCUT2D eigenvalue weighted by Crippen LogP contribution is -2.12. The van der Waals surface area contributed by atoms with E-state index in [0.29, 0.717) is 41.7 Å². The Morgan fingerprint density at radius 3 is 2.59 bits per heavy atom. The van der Waals surface area contributed by atoms with Crippen molar-refractivity contribution in [2.45, 2.75) is 20.3 Å². The number of anilines is 2. The molecule has 3 rings (SSSR count). The van der Waals surface area contributed by atoms with Crippen LogP contribution in [0.5, 0.6) is 0 Å². The summed E-state index contributed by atoms with van der Waals surface area (Å²) in [5.74, 6) is -0.310. The zero-order valence-corrected chi connectivity index (χ0v) is 17.5. The van der Waals surface area contributed by atoms with E-state index in [-0.39, 0.29) is 5.91 Å². The minimum absolute atomic E-state index is 0.310. The molecule has 0 aliphatic rings. The summed E-state index contributed by atoms with van der Waals surface area (Å²) in [5.41, 5.74) is 5.29. The highest BCUT2D eigenvalue weighted by atomic mass is 35.5. The molecule has 140 valence electrons. The van der Waals surface area contributed by atoms with Crippen molar-refractivity contribution >= 4 is 78.8 Å². The average Bonchev–Trinajstić information content (AvgIpc) is 3.09. The fraction of sp³-hybridized carbons (Fsp3) is 0.167. The second-order valence-corrected chi connectivity index (χ2v) is 7.91. The zero-order chi connectivity index (χ0) is 19.6. The van der Waals surface area contributed by atoms with Crippen LogP contribution in [-0.4, -0.2) is 16.6 Å². The summed E-state index contributed by atoms with van der Waals surface area (Å²) < 4.78 is 0.669. The number of carbonyl (C=O) groups is 1. The van der Waals surface area contributed by atoms with Crippen LogP contribution in [0.15, 0.2) is 35.4 Å². The third kappa shape index (κ3) is 4.52. The molecule has 1 amide bonds. The first kappa shape index (κ1) is 19.9. The number of amides is 1. The fourth-order valence-electron chi connectivity index (χ4n) is 2.17. The van der Waals surface area contributed by atoms with Gasteiger partial charge in [0.2, 0.25) is 5.13 Å². The van der Waals surface area contributed by atoms with Crippen LogP contribution >= 0.6 is 46.1 Å². The number of rotatable bonds is 5. The lowest BCUT2D eigenvalue weighted by molar-refractivity contribution is 0.102. The van der Waals surface area contributed by atoms with Crippen LogP contribution in [-0.2, 0) is 0 Å². The van der Waals surface area contributed by atoms with Crippen molar-refractivity contribution in [3.05, 3.63) is 51.0 Å². The normalized spacial score (nSPS) is 11.7. The number of aromatic nitrogens is 1. The van der Waals surface area contributed by atoms with Gasteiger partial charge in [-0.25, -0.2) is 4.98 Å². The Bertz CT molecular complexity index is 1030. The number of hydrogen-bond acceptors (Lipinski definition) is 5. The van der Waals surface area contributed by atoms with Crippen LogP contribution in [0.25, 0.3) is 10.2 Å². The highest BCUT2D eigenvalue weighted by Crippen LogP contribution is 2.41. The SMILES string of the molecule is CC/C(C)=N\Nc1nc2c(Cl)cc(NC(=O)c3ccc(Cl)cc3)c(Cl)c2s1. The van der Waals surface area contributed by atoms with Crippen LogP contribution in [0, 0.1) is 0 Å². The number of hydrazone groups is 1. The predicted molar refractivity (Wildman–Crippen MR) is 116 cm³/mol. The van der Waals surface area contributed by atoms with Crippen LogP contribution in [0.3, 0.4) is 0 Å².